The van der Waals surface area contributed by atoms with Crippen molar-refractivity contribution in [2.45, 2.75) is 39.8 Å². The van der Waals surface area contributed by atoms with E-state index in [-0.39, 0.29) is 24.5 Å². The third-order valence-corrected chi connectivity index (χ3v) is 3.16. The number of amides is 2. The number of hydrogen-bond donors (Lipinski definition) is 2. The van der Waals surface area contributed by atoms with Crippen molar-refractivity contribution in [1.29, 1.82) is 0 Å². The molecule has 0 spiro atoms. The van der Waals surface area contributed by atoms with Gasteiger partial charge in [0, 0.05) is 0 Å². The second-order valence-corrected chi connectivity index (χ2v) is 5.23. The summed E-state index contributed by atoms with van der Waals surface area (Å²) in [7, 11) is 0. The summed E-state index contributed by atoms with van der Waals surface area (Å²) >= 11 is 0. The molecule has 2 atom stereocenters. The van der Waals surface area contributed by atoms with Crippen LogP contribution in [0.4, 0.5) is 4.79 Å². The minimum Gasteiger partial charge on any atom is -0.450 e. The van der Waals surface area contributed by atoms with Crippen molar-refractivity contribution in [3.8, 4) is 0 Å². The minimum atomic E-state index is -0.616. The molecule has 116 valence electrons. The van der Waals surface area contributed by atoms with E-state index in [9.17, 15) is 9.59 Å². The lowest BCUT2D eigenvalue weighted by molar-refractivity contribution is -0.124. The molecule has 0 aromatic heterocycles. The monoisotopic (exact) mass is 292 g/mol. The number of alkyl carbamates (subject to hydrolysis) is 1. The Morgan fingerprint density at radius 2 is 1.71 bits per heavy atom. The molecule has 5 nitrogen and oxygen atoms in total. The molecule has 0 saturated heterocycles. The van der Waals surface area contributed by atoms with Crippen molar-refractivity contribution in [1.82, 2.24) is 10.6 Å². The lowest BCUT2D eigenvalue weighted by Crippen LogP contribution is -2.50. The molecular weight excluding hydrogens is 268 g/mol. The number of rotatable bonds is 6. The summed E-state index contributed by atoms with van der Waals surface area (Å²) in [6.45, 7) is 7.67. The summed E-state index contributed by atoms with van der Waals surface area (Å²) in [5, 5.41) is 5.52. The van der Waals surface area contributed by atoms with Gasteiger partial charge in [0.25, 0.3) is 0 Å². The van der Waals surface area contributed by atoms with Gasteiger partial charge in [0.1, 0.15) is 6.04 Å². The molecule has 2 amide bonds. The molecule has 0 bridgehead atoms. The molecule has 0 fully saturated rings. The van der Waals surface area contributed by atoms with Gasteiger partial charge in [-0.25, -0.2) is 4.79 Å². The van der Waals surface area contributed by atoms with Gasteiger partial charge in [-0.05, 0) is 25.3 Å². The second-order valence-electron chi connectivity index (χ2n) is 5.23. The van der Waals surface area contributed by atoms with Crippen molar-refractivity contribution in [3.05, 3.63) is 35.9 Å². The summed E-state index contributed by atoms with van der Waals surface area (Å²) in [5.41, 5.74) is 1.02. The Bertz CT molecular complexity index is 460. The fourth-order valence-corrected chi connectivity index (χ4v) is 1.96. The van der Waals surface area contributed by atoms with Crippen molar-refractivity contribution in [3.63, 3.8) is 0 Å². The van der Waals surface area contributed by atoms with Crippen LogP contribution >= 0.6 is 0 Å². The maximum atomic E-state index is 12.3. The highest BCUT2D eigenvalue weighted by Gasteiger charge is 2.25. The number of nitrogens with one attached hydrogen (secondary N) is 2. The van der Waals surface area contributed by atoms with Crippen LogP contribution in [0.1, 0.15) is 39.3 Å². The molecule has 0 heterocycles. The first-order valence-corrected chi connectivity index (χ1v) is 7.24. The molecule has 0 saturated carbocycles. The number of ether oxygens (including phenoxy) is 1. The third kappa shape index (κ3) is 5.45. The van der Waals surface area contributed by atoms with Crippen molar-refractivity contribution in [2.24, 2.45) is 5.92 Å². The summed E-state index contributed by atoms with van der Waals surface area (Å²) in [5.74, 6) is -0.244. The number of hydrogen-bond acceptors (Lipinski definition) is 3. The van der Waals surface area contributed by atoms with Crippen molar-refractivity contribution in [2.75, 3.05) is 6.61 Å². The first-order chi connectivity index (χ1) is 9.95. The molecule has 1 aromatic rings. The molecular formula is C16H24N2O3. The molecule has 2 N–H and O–H groups in total. The fourth-order valence-electron chi connectivity index (χ4n) is 1.96. The van der Waals surface area contributed by atoms with Gasteiger partial charge in [-0.3, -0.25) is 4.79 Å². The van der Waals surface area contributed by atoms with Crippen LogP contribution in [0.5, 0.6) is 0 Å². The van der Waals surface area contributed by atoms with E-state index in [4.69, 9.17) is 4.74 Å². The van der Waals surface area contributed by atoms with Gasteiger partial charge >= 0.3 is 6.09 Å². The summed E-state index contributed by atoms with van der Waals surface area (Å²) < 4.78 is 4.83. The van der Waals surface area contributed by atoms with E-state index in [0.717, 1.165) is 5.56 Å². The highest BCUT2D eigenvalue weighted by atomic mass is 16.5. The Labute approximate surface area is 126 Å². The number of carbonyl (C=O) groups excluding carboxylic acids is 2. The lowest BCUT2D eigenvalue weighted by atomic mass is 10.0. The number of benzene rings is 1. The highest BCUT2D eigenvalue weighted by Crippen LogP contribution is 2.12. The molecule has 0 radical (unpaired) electrons. The lowest BCUT2D eigenvalue weighted by Gasteiger charge is -2.23. The summed E-state index contributed by atoms with van der Waals surface area (Å²) in [4.78, 5) is 23.8. The van der Waals surface area contributed by atoms with Crippen LogP contribution in [0.3, 0.4) is 0 Å². The zero-order chi connectivity index (χ0) is 15.8. The van der Waals surface area contributed by atoms with Crippen LogP contribution in [0, 0.1) is 5.92 Å². The molecule has 5 heteroatoms. The van der Waals surface area contributed by atoms with E-state index >= 15 is 0 Å². The minimum absolute atomic E-state index is 0.0302. The van der Waals surface area contributed by atoms with E-state index in [0.29, 0.717) is 0 Å². The predicted molar refractivity (Wildman–Crippen MR) is 81.8 cm³/mol. The predicted octanol–water partition coefficient (Wildman–Crippen LogP) is 2.63. The van der Waals surface area contributed by atoms with Crippen molar-refractivity contribution >= 4 is 12.0 Å². The smallest absolute Gasteiger partial charge is 0.407 e. The van der Waals surface area contributed by atoms with Gasteiger partial charge in [-0.15, -0.1) is 0 Å². The molecule has 0 aliphatic carbocycles. The fraction of sp³-hybridized carbons (Fsp3) is 0.500. The van der Waals surface area contributed by atoms with E-state index < -0.39 is 12.1 Å². The van der Waals surface area contributed by atoms with Crippen LogP contribution in [-0.4, -0.2) is 24.6 Å². The average molecular weight is 292 g/mol. The van der Waals surface area contributed by atoms with Crippen LogP contribution in [0.25, 0.3) is 0 Å². The normalized spacial score (nSPS) is 13.4. The largest absolute Gasteiger partial charge is 0.450 e. The van der Waals surface area contributed by atoms with Gasteiger partial charge < -0.3 is 15.4 Å². The molecule has 1 rings (SSSR count). The molecule has 21 heavy (non-hydrogen) atoms. The Hall–Kier alpha value is -2.04. The number of carbonyl (C=O) groups is 2. The third-order valence-electron chi connectivity index (χ3n) is 3.16. The molecule has 0 aliphatic heterocycles. The highest BCUT2D eigenvalue weighted by molar-refractivity contribution is 5.86. The average Bonchev–Trinajstić information content (AvgIpc) is 2.45. The van der Waals surface area contributed by atoms with Gasteiger partial charge in [0.05, 0.1) is 12.6 Å². The molecule has 1 aromatic carbocycles. The summed E-state index contributed by atoms with van der Waals surface area (Å²) in [6, 6.07) is 8.95. The Kier molecular flexibility index (Phi) is 6.72. The Morgan fingerprint density at radius 1 is 1.10 bits per heavy atom. The van der Waals surface area contributed by atoms with Gasteiger partial charge in [0.15, 0.2) is 0 Å². The van der Waals surface area contributed by atoms with E-state index in [1.807, 2.05) is 51.1 Å². The Balaban J connectivity index is 2.67. The van der Waals surface area contributed by atoms with Crippen molar-refractivity contribution < 1.29 is 14.3 Å². The first kappa shape index (κ1) is 17.0. The van der Waals surface area contributed by atoms with E-state index in [2.05, 4.69) is 10.6 Å². The quantitative estimate of drug-likeness (QED) is 0.847. The van der Waals surface area contributed by atoms with Crippen LogP contribution < -0.4 is 10.6 Å². The second kappa shape index (κ2) is 8.29. The van der Waals surface area contributed by atoms with E-state index in [1.54, 1.807) is 6.92 Å². The zero-order valence-electron chi connectivity index (χ0n) is 13.1. The first-order valence-electron chi connectivity index (χ1n) is 7.24. The van der Waals surface area contributed by atoms with Gasteiger partial charge in [-0.2, -0.15) is 0 Å². The molecule has 0 aliphatic rings. The summed E-state index contributed by atoms with van der Waals surface area (Å²) in [6.07, 6.45) is -0.571. The standard InChI is InChI=1S/C16H24N2O3/c1-5-21-16(20)18-14(11(2)3)15(19)17-12(4)13-9-7-6-8-10-13/h6-12,14H,5H2,1-4H3,(H,17,19)(H,18,20)/t12-,14+/m0/s1. The zero-order valence-corrected chi connectivity index (χ0v) is 13.1. The topological polar surface area (TPSA) is 67.4 Å². The van der Waals surface area contributed by atoms with E-state index in [1.165, 1.54) is 0 Å². The van der Waals surface area contributed by atoms with Crippen LogP contribution in [0.15, 0.2) is 30.3 Å². The van der Waals surface area contributed by atoms with Crippen LogP contribution in [0.2, 0.25) is 0 Å². The maximum Gasteiger partial charge on any atom is 0.407 e. The SMILES string of the molecule is CCOC(=O)N[C@@H](C(=O)N[C@@H](C)c1ccccc1)C(C)C. The Morgan fingerprint density at radius 3 is 2.24 bits per heavy atom. The molecule has 0 unspecified atom stereocenters. The van der Waals surface area contributed by atoms with Gasteiger partial charge in [-0.1, -0.05) is 44.2 Å². The van der Waals surface area contributed by atoms with Gasteiger partial charge in [0.2, 0.25) is 5.91 Å². The van der Waals surface area contributed by atoms with Crippen LogP contribution in [-0.2, 0) is 9.53 Å². The maximum absolute atomic E-state index is 12.3.